The Morgan fingerprint density at radius 1 is 1.00 bits per heavy atom. The van der Waals surface area contributed by atoms with E-state index in [1.165, 1.54) is 11.1 Å². The number of amides is 1. The number of piperazine rings is 1. The number of carbonyl (C=O) groups is 1. The fourth-order valence-electron chi connectivity index (χ4n) is 3.69. The Balaban J connectivity index is 0.00000280. The maximum atomic E-state index is 12.5. The summed E-state index contributed by atoms with van der Waals surface area (Å²) < 4.78 is 0. The number of rotatable bonds is 9. The molecule has 1 aliphatic rings. The van der Waals surface area contributed by atoms with E-state index in [2.05, 4.69) is 64.1 Å². The van der Waals surface area contributed by atoms with Crippen molar-refractivity contribution in [2.24, 2.45) is 0 Å². The number of hydrogen-bond acceptors (Lipinski definition) is 3. The number of hydrogen-bond donors (Lipinski definition) is 2. The molecule has 1 heterocycles. The highest BCUT2D eigenvalue weighted by molar-refractivity contribution is 5.85. The second-order valence-corrected chi connectivity index (χ2v) is 7.30. The summed E-state index contributed by atoms with van der Waals surface area (Å²) in [5, 5.41) is 6.50. The van der Waals surface area contributed by atoms with E-state index in [0.717, 1.165) is 52.1 Å². The molecule has 1 unspecified atom stereocenters. The molecule has 2 aromatic rings. The molecular weight excluding hydrogens is 370 g/mol. The number of carbonyl (C=O) groups excluding carboxylic acids is 1. The van der Waals surface area contributed by atoms with E-state index >= 15 is 0 Å². The van der Waals surface area contributed by atoms with E-state index < -0.39 is 0 Å². The van der Waals surface area contributed by atoms with Crippen LogP contribution in [-0.4, -0.2) is 50.1 Å². The molecule has 28 heavy (non-hydrogen) atoms. The molecule has 1 saturated heterocycles. The van der Waals surface area contributed by atoms with Crippen molar-refractivity contribution in [3.8, 4) is 0 Å². The monoisotopic (exact) mass is 401 g/mol. The van der Waals surface area contributed by atoms with E-state index in [4.69, 9.17) is 0 Å². The van der Waals surface area contributed by atoms with Crippen molar-refractivity contribution in [3.05, 3.63) is 71.8 Å². The normalized spacial score (nSPS) is 15.4. The summed E-state index contributed by atoms with van der Waals surface area (Å²) in [6.07, 6.45) is 2.44. The molecule has 2 aromatic carbocycles. The Labute approximate surface area is 175 Å². The Bertz CT molecular complexity index is 675. The minimum atomic E-state index is 0. The first-order valence-corrected chi connectivity index (χ1v) is 10.1. The molecule has 2 N–H and O–H groups in total. The van der Waals surface area contributed by atoms with Gasteiger partial charge in [0, 0.05) is 39.1 Å². The summed E-state index contributed by atoms with van der Waals surface area (Å²) in [6.45, 7) is 6.20. The maximum absolute atomic E-state index is 12.5. The van der Waals surface area contributed by atoms with Crippen molar-refractivity contribution in [1.29, 1.82) is 0 Å². The van der Waals surface area contributed by atoms with Gasteiger partial charge in [-0.2, -0.15) is 0 Å². The van der Waals surface area contributed by atoms with Crippen LogP contribution in [-0.2, 0) is 11.2 Å². The van der Waals surface area contributed by atoms with Crippen LogP contribution in [0.15, 0.2) is 60.7 Å². The third-order valence-corrected chi connectivity index (χ3v) is 5.21. The van der Waals surface area contributed by atoms with E-state index in [9.17, 15) is 4.79 Å². The molecule has 0 spiro atoms. The van der Waals surface area contributed by atoms with Gasteiger partial charge in [0.1, 0.15) is 0 Å². The van der Waals surface area contributed by atoms with Gasteiger partial charge in [-0.1, -0.05) is 60.7 Å². The Morgan fingerprint density at radius 3 is 2.32 bits per heavy atom. The average Bonchev–Trinajstić information content (AvgIpc) is 2.73. The van der Waals surface area contributed by atoms with Crippen molar-refractivity contribution < 1.29 is 4.79 Å². The maximum Gasteiger partial charge on any atom is 0.220 e. The van der Waals surface area contributed by atoms with Crippen LogP contribution < -0.4 is 10.6 Å². The molecule has 0 aromatic heterocycles. The van der Waals surface area contributed by atoms with Gasteiger partial charge < -0.3 is 15.5 Å². The van der Waals surface area contributed by atoms with E-state index in [0.29, 0.717) is 6.42 Å². The van der Waals surface area contributed by atoms with E-state index in [-0.39, 0.29) is 24.2 Å². The predicted molar refractivity (Wildman–Crippen MR) is 118 cm³/mol. The first-order chi connectivity index (χ1) is 13.3. The van der Waals surface area contributed by atoms with E-state index in [1.54, 1.807) is 0 Å². The third kappa shape index (κ3) is 7.63. The van der Waals surface area contributed by atoms with Crippen LogP contribution >= 0.6 is 12.4 Å². The lowest BCUT2D eigenvalue weighted by Crippen LogP contribution is -2.44. The average molecular weight is 402 g/mol. The predicted octanol–water partition coefficient (Wildman–Crippen LogP) is 3.24. The smallest absolute Gasteiger partial charge is 0.220 e. The molecule has 1 aliphatic heterocycles. The fourth-order valence-corrected chi connectivity index (χ4v) is 3.69. The summed E-state index contributed by atoms with van der Waals surface area (Å²) >= 11 is 0. The molecule has 1 atom stereocenters. The van der Waals surface area contributed by atoms with Gasteiger partial charge in [-0.05, 0) is 36.4 Å². The second-order valence-electron chi connectivity index (χ2n) is 7.30. The van der Waals surface area contributed by atoms with Crippen LogP contribution in [0.25, 0.3) is 0 Å². The summed E-state index contributed by atoms with van der Waals surface area (Å²) in [4.78, 5) is 15.0. The zero-order valence-electron chi connectivity index (χ0n) is 16.5. The first-order valence-electron chi connectivity index (χ1n) is 10.1. The number of halogens is 1. The number of nitrogens with one attached hydrogen (secondary N) is 2. The van der Waals surface area contributed by atoms with Gasteiger partial charge in [0.25, 0.3) is 0 Å². The lowest BCUT2D eigenvalue weighted by Gasteiger charge is -2.27. The Morgan fingerprint density at radius 2 is 1.64 bits per heavy atom. The van der Waals surface area contributed by atoms with Gasteiger partial charge in [0.15, 0.2) is 0 Å². The van der Waals surface area contributed by atoms with Gasteiger partial charge >= 0.3 is 0 Å². The van der Waals surface area contributed by atoms with Crippen LogP contribution in [0.5, 0.6) is 0 Å². The van der Waals surface area contributed by atoms with Gasteiger partial charge in [-0.3, -0.25) is 4.79 Å². The van der Waals surface area contributed by atoms with Crippen LogP contribution in [0.2, 0.25) is 0 Å². The van der Waals surface area contributed by atoms with Crippen molar-refractivity contribution in [1.82, 2.24) is 15.5 Å². The van der Waals surface area contributed by atoms with Crippen LogP contribution in [0, 0.1) is 0 Å². The quantitative estimate of drug-likeness (QED) is 0.634. The summed E-state index contributed by atoms with van der Waals surface area (Å²) in [5.74, 6) is 0.363. The second kappa shape index (κ2) is 12.6. The zero-order valence-corrected chi connectivity index (χ0v) is 17.3. The van der Waals surface area contributed by atoms with Crippen molar-refractivity contribution >= 4 is 18.3 Å². The molecule has 0 bridgehead atoms. The van der Waals surface area contributed by atoms with Gasteiger partial charge in [-0.25, -0.2) is 0 Å². The standard InChI is InChI=1S/C23H31N3O.ClH/c27-23(25-12-7-15-26-16-13-24-14-17-26)19-22(21-10-5-2-6-11-21)18-20-8-3-1-4-9-20;/h1-6,8-11,22,24H,7,12-19H2,(H,25,27);1H. The molecule has 5 heteroatoms. The molecule has 3 rings (SSSR count). The molecule has 1 amide bonds. The fraction of sp³-hybridized carbons (Fsp3) is 0.435. The van der Waals surface area contributed by atoms with Crippen molar-refractivity contribution in [3.63, 3.8) is 0 Å². The Hall–Kier alpha value is -1.88. The highest BCUT2D eigenvalue weighted by atomic mass is 35.5. The third-order valence-electron chi connectivity index (χ3n) is 5.21. The zero-order chi connectivity index (χ0) is 18.7. The highest BCUT2D eigenvalue weighted by Crippen LogP contribution is 2.24. The first kappa shape index (κ1) is 22.4. The minimum absolute atomic E-state index is 0. The highest BCUT2D eigenvalue weighted by Gasteiger charge is 2.17. The van der Waals surface area contributed by atoms with Crippen LogP contribution in [0.1, 0.15) is 29.9 Å². The van der Waals surface area contributed by atoms with Crippen LogP contribution in [0.4, 0.5) is 0 Å². The van der Waals surface area contributed by atoms with Crippen molar-refractivity contribution in [2.75, 3.05) is 39.3 Å². The van der Waals surface area contributed by atoms with E-state index in [1.807, 2.05) is 12.1 Å². The summed E-state index contributed by atoms with van der Waals surface area (Å²) in [7, 11) is 0. The lowest BCUT2D eigenvalue weighted by molar-refractivity contribution is -0.121. The molecule has 0 radical (unpaired) electrons. The minimum Gasteiger partial charge on any atom is -0.356 e. The molecule has 152 valence electrons. The molecular formula is C23H32ClN3O. The topological polar surface area (TPSA) is 44.4 Å². The number of benzene rings is 2. The summed E-state index contributed by atoms with van der Waals surface area (Å²) in [6, 6.07) is 20.8. The lowest BCUT2D eigenvalue weighted by atomic mass is 9.89. The van der Waals surface area contributed by atoms with Crippen LogP contribution in [0.3, 0.4) is 0 Å². The van der Waals surface area contributed by atoms with Gasteiger partial charge in [0.2, 0.25) is 5.91 Å². The molecule has 4 nitrogen and oxygen atoms in total. The Kier molecular flexibility index (Phi) is 10.0. The molecule has 0 saturated carbocycles. The van der Waals surface area contributed by atoms with Gasteiger partial charge in [0.05, 0.1) is 0 Å². The summed E-state index contributed by atoms with van der Waals surface area (Å²) in [5.41, 5.74) is 2.51. The number of nitrogens with zero attached hydrogens (tertiary/aromatic N) is 1. The van der Waals surface area contributed by atoms with Gasteiger partial charge in [-0.15, -0.1) is 12.4 Å². The SMILES string of the molecule is Cl.O=C(CC(Cc1ccccc1)c1ccccc1)NCCCN1CCNCC1. The molecule has 0 aliphatic carbocycles. The van der Waals surface area contributed by atoms with Crippen molar-refractivity contribution in [2.45, 2.75) is 25.2 Å². The molecule has 1 fully saturated rings. The largest absolute Gasteiger partial charge is 0.356 e.